The van der Waals surface area contributed by atoms with Crippen molar-refractivity contribution >= 4 is 16.8 Å². The van der Waals surface area contributed by atoms with Crippen LogP contribution < -0.4 is 10.5 Å². The third-order valence-corrected chi connectivity index (χ3v) is 3.37. The highest BCUT2D eigenvalue weighted by Gasteiger charge is 2.16. The lowest BCUT2D eigenvalue weighted by Crippen LogP contribution is -2.12. The summed E-state index contributed by atoms with van der Waals surface area (Å²) >= 11 is 0. The number of hydrogen-bond donors (Lipinski definition) is 1. The van der Waals surface area contributed by atoms with E-state index in [0.29, 0.717) is 11.1 Å². The molecule has 1 aromatic heterocycles. The Morgan fingerprint density at radius 3 is 2.52 bits per heavy atom. The molecule has 0 saturated carbocycles. The summed E-state index contributed by atoms with van der Waals surface area (Å²) in [4.78, 5) is 11.6. The summed E-state index contributed by atoms with van der Waals surface area (Å²) < 4.78 is 6.93. The highest BCUT2D eigenvalue weighted by atomic mass is 16.5. The largest absolute Gasteiger partial charge is 0.497 e. The molecule has 0 aliphatic rings. The molecule has 0 aliphatic heterocycles. The third-order valence-electron chi connectivity index (χ3n) is 3.37. The van der Waals surface area contributed by atoms with Gasteiger partial charge in [0, 0.05) is 5.39 Å². The Kier molecular flexibility index (Phi) is 5.01. The van der Waals surface area contributed by atoms with Crippen molar-refractivity contribution in [3.05, 3.63) is 53.7 Å². The molecule has 120 valence electrons. The SMILES string of the molecule is CC.COc1ccc2c(c1)c(C(N)=O)nn2-c1cccc(C)c1. The number of nitrogens with zero attached hydrogens (tertiary/aromatic N) is 2. The van der Waals surface area contributed by atoms with Crippen molar-refractivity contribution in [1.29, 1.82) is 0 Å². The molecule has 5 nitrogen and oxygen atoms in total. The van der Waals surface area contributed by atoms with Gasteiger partial charge < -0.3 is 10.5 Å². The normalized spacial score (nSPS) is 10.1. The van der Waals surface area contributed by atoms with Gasteiger partial charge in [0.25, 0.3) is 5.91 Å². The number of rotatable bonds is 3. The van der Waals surface area contributed by atoms with Crippen LogP contribution in [0.5, 0.6) is 5.75 Å². The van der Waals surface area contributed by atoms with E-state index < -0.39 is 5.91 Å². The first-order chi connectivity index (χ1) is 11.1. The van der Waals surface area contributed by atoms with Gasteiger partial charge in [0.2, 0.25) is 0 Å². The number of primary amides is 1. The van der Waals surface area contributed by atoms with Crippen LogP contribution in [-0.4, -0.2) is 22.8 Å². The summed E-state index contributed by atoms with van der Waals surface area (Å²) in [5.41, 5.74) is 8.50. The topological polar surface area (TPSA) is 70.1 Å². The van der Waals surface area contributed by atoms with Crippen LogP contribution in [0, 0.1) is 6.92 Å². The quantitative estimate of drug-likeness (QED) is 0.805. The fourth-order valence-corrected chi connectivity index (χ4v) is 2.36. The first kappa shape index (κ1) is 16.5. The molecule has 0 atom stereocenters. The maximum atomic E-state index is 11.6. The van der Waals surface area contributed by atoms with Gasteiger partial charge in [-0.25, -0.2) is 4.68 Å². The van der Waals surface area contributed by atoms with Gasteiger partial charge in [-0.1, -0.05) is 26.0 Å². The van der Waals surface area contributed by atoms with Gasteiger partial charge in [-0.2, -0.15) is 5.10 Å². The number of aryl methyl sites for hydroxylation is 1. The standard InChI is InChI=1S/C16H15N3O2.C2H6/c1-10-4-3-5-11(8-10)19-14-7-6-12(21-2)9-13(14)15(18-19)16(17)20;1-2/h3-9H,1-2H3,(H2,17,20);1-2H3. The molecular formula is C18H21N3O2. The van der Waals surface area contributed by atoms with E-state index >= 15 is 0 Å². The molecule has 0 aliphatic carbocycles. The van der Waals surface area contributed by atoms with Crippen LogP contribution in [0.2, 0.25) is 0 Å². The number of methoxy groups -OCH3 is 1. The highest BCUT2D eigenvalue weighted by Crippen LogP contribution is 2.26. The predicted octanol–water partition coefficient (Wildman–Crippen LogP) is 3.47. The molecule has 0 unspecified atom stereocenters. The van der Waals surface area contributed by atoms with Crippen molar-refractivity contribution in [2.75, 3.05) is 7.11 Å². The van der Waals surface area contributed by atoms with Crippen LogP contribution in [-0.2, 0) is 0 Å². The zero-order chi connectivity index (χ0) is 17.0. The van der Waals surface area contributed by atoms with Crippen LogP contribution in [0.1, 0.15) is 29.9 Å². The molecule has 0 fully saturated rings. The minimum absolute atomic E-state index is 0.241. The van der Waals surface area contributed by atoms with E-state index in [1.54, 1.807) is 17.9 Å². The van der Waals surface area contributed by atoms with Gasteiger partial charge in [-0.3, -0.25) is 4.79 Å². The second-order valence-corrected chi connectivity index (χ2v) is 4.85. The molecule has 0 radical (unpaired) electrons. The summed E-state index contributed by atoms with van der Waals surface area (Å²) in [5.74, 6) is 0.105. The number of ether oxygens (including phenoxy) is 1. The predicted molar refractivity (Wildman–Crippen MR) is 92.2 cm³/mol. The maximum Gasteiger partial charge on any atom is 0.269 e. The third kappa shape index (κ3) is 3.18. The van der Waals surface area contributed by atoms with Crippen molar-refractivity contribution < 1.29 is 9.53 Å². The van der Waals surface area contributed by atoms with Crippen LogP contribution >= 0.6 is 0 Å². The molecule has 1 heterocycles. The fourth-order valence-electron chi connectivity index (χ4n) is 2.36. The lowest BCUT2D eigenvalue weighted by Gasteiger charge is -2.05. The van der Waals surface area contributed by atoms with Crippen molar-refractivity contribution in [2.45, 2.75) is 20.8 Å². The van der Waals surface area contributed by atoms with E-state index in [1.807, 2.05) is 57.2 Å². The zero-order valence-corrected chi connectivity index (χ0v) is 13.8. The van der Waals surface area contributed by atoms with Gasteiger partial charge in [0.15, 0.2) is 5.69 Å². The number of fused-ring (bicyclic) bond motifs is 1. The Labute approximate surface area is 135 Å². The van der Waals surface area contributed by atoms with E-state index in [2.05, 4.69) is 5.10 Å². The van der Waals surface area contributed by atoms with E-state index in [-0.39, 0.29) is 5.69 Å². The maximum absolute atomic E-state index is 11.6. The molecule has 2 N–H and O–H groups in total. The van der Waals surface area contributed by atoms with E-state index in [4.69, 9.17) is 10.5 Å². The molecule has 0 spiro atoms. The first-order valence-corrected chi connectivity index (χ1v) is 7.54. The number of nitrogens with two attached hydrogens (primary N) is 1. The molecular weight excluding hydrogens is 290 g/mol. The van der Waals surface area contributed by atoms with Crippen molar-refractivity contribution in [3.8, 4) is 11.4 Å². The van der Waals surface area contributed by atoms with Gasteiger partial charge in [0.05, 0.1) is 18.3 Å². The molecule has 3 aromatic rings. The Morgan fingerprint density at radius 1 is 1.17 bits per heavy atom. The molecule has 2 aromatic carbocycles. The number of carbonyl (C=O) groups is 1. The minimum Gasteiger partial charge on any atom is -0.497 e. The Balaban J connectivity index is 0.000000924. The van der Waals surface area contributed by atoms with Crippen molar-refractivity contribution in [1.82, 2.24) is 9.78 Å². The van der Waals surface area contributed by atoms with Gasteiger partial charge in [-0.05, 0) is 42.8 Å². The molecule has 1 amide bonds. The molecule has 0 saturated heterocycles. The van der Waals surface area contributed by atoms with Crippen molar-refractivity contribution in [3.63, 3.8) is 0 Å². The fraction of sp³-hybridized carbons (Fsp3) is 0.222. The summed E-state index contributed by atoms with van der Waals surface area (Å²) in [6.45, 7) is 6.01. The highest BCUT2D eigenvalue weighted by molar-refractivity contribution is 6.04. The molecule has 5 heteroatoms. The van der Waals surface area contributed by atoms with Crippen LogP contribution in [0.3, 0.4) is 0 Å². The van der Waals surface area contributed by atoms with Crippen molar-refractivity contribution in [2.24, 2.45) is 5.73 Å². The Bertz CT molecular complexity index is 837. The van der Waals surface area contributed by atoms with E-state index in [0.717, 1.165) is 16.8 Å². The molecule has 23 heavy (non-hydrogen) atoms. The van der Waals surface area contributed by atoms with Gasteiger partial charge >= 0.3 is 0 Å². The summed E-state index contributed by atoms with van der Waals surface area (Å²) in [7, 11) is 1.58. The van der Waals surface area contributed by atoms with Crippen LogP contribution in [0.15, 0.2) is 42.5 Å². The Hall–Kier alpha value is -2.82. The second kappa shape index (κ2) is 6.96. The number of carbonyl (C=O) groups excluding carboxylic acids is 1. The smallest absolute Gasteiger partial charge is 0.269 e. The summed E-state index contributed by atoms with van der Waals surface area (Å²) in [6, 6.07) is 13.4. The lowest BCUT2D eigenvalue weighted by atomic mass is 10.2. The van der Waals surface area contributed by atoms with Crippen LogP contribution in [0.4, 0.5) is 0 Å². The number of aromatic nitrogens is 2. The average molecular weight is 311 g/mol. The Morgan fingerprint density at radius 2 is 1.91 bits per heavy atom. The number of hydrogen-bond acceptors (Lipinski definition) is 3. The average Bonchev–Trinajstić information content (AvgIpc) is 2.95. The van der Waals surface area contributed by atoms with E-state index in [9.17, 15) is 4.79 Å². The van der Waals surface area contributed by atoms with Gasteiger partial charge in [-0.15, -0.1) is 0 Å². The number of benzene rings is 2. The second-order valence-electron chi connectivity index (χ2n) is 4.85. The molecule has 0 bridgehead atoms. The first-order valence-electron chi connectivity index (χ1n) is 7.54. The monoisotopic (exact) mass is 311 g/mol. The summed E-state index contributed by atoms with van der Waals surface area (Å²) in [5, 5.41) is 5.05. The van der Waals surface area contributed by atoms with E-state index in [1.165, 1.54) is 0 Å². The lowest BCUT2D eigenvalue weighted by molar-refractivity contribution is 0.0996. The number of amides is 1. The zero-order valence-electron chi connectivity index (χ0n) is 13.8. The summed E-state index contributed by atoms with van der Waals surface area (Å²) in [6.07, 6.45) is 0. The van der Waals surface area contributed by atoms with Gasteiger partial charge in [0.1, 0.15) is 5.75 Å². The van der Waals surface area contributed by atoms with Crippen LogP contribution in [0.25, 0.3) is 16.6 Å². The molecule has 3 rings (SSSR count). The minimum atomic E-state index is -0.556.